The van der Waals surface area contributed by atoms with Crippen molar-refractivity contribution >= 4 is 5.78 Å². The van der Waals surface area contributed by atoms with Crippen molar-refractivity contribution in [1.29, 1.82) is 0 Å². The summed E-state index contributed by atoms with van der Waals surface area (Å²) in [6, 6.07) is 6.35. The minimum Gasteiger partial charge on any atom is -0.329 e. The van der Waals surface area contributed by atoms with E-state index in [1.54, 1.807) is 0 Å². The van der Waals surface area contributed by atoms with Crippen molar-refractivity contribution in [3.05, 3.63) is 34.9 Å². The number of hydrogen-bond acceptors (Lipinski definition) is 2. The fourth-order valence-corrected chi connectivity index (χ4v) is 3.26. The first-order valence-electron chi connectivity index (χ1n) is 7.76. The van der Waals surface area contributed by atoms with E-state index in [1.165, 1.54) is 16.7 Å². The van der Waals surface area contributed by atoms with Crippen LogP contribution in [0.5, 0.6) is 0 Å². The number of benzene rings is 1. The van der Waals surface area contributed by atoms with Crippen molar-refractivity contribution in [2.45, 2.75) is 52.9 Å². The molecular weight excluding hydrogens is 246 g/mol. The maximum absolute atomic E-state index is 12.8. The molecule has 0 aromatic heterocycles. The van der Waals surface area contributed by atoms with Crippen LogP contribution in [0, 0.1) is 25.2 Å². The zero-order valence-corrected chi connectivity index (χ0v) is 13.0. The van der Waals surface area contributed by atoms with E-state index in [4.69, 9.17) is 5.73 Å². The summed E-state index contributed by atoms with van der Waals surface area (Å²) < 4.78 is 0. The van der Waals surface area contributed by atoms with Crippen molar-refractivity contribution in [2.75, 3.05) is 6.54 Å². The molecule has 20 heavy (non-hydrogen) atoms. The minimum atomic E-state index is -0.261. The number of nitrogens with two attached hydrogens (primary N) is 1. The fourth-order valence-electron chi connectivity index (χ4n) is 3.26. The maximum atomic E-state index is 12.8. The molecule has 1 saturated carbocycles. The van der Waals surface area contributed by atoms with E-state index in [9.17, 15) is 4.79 Å². The molecule has 1 aromatic rings. The number of Topliss-reactive ketones (excluding diaryl/α,β-unsaturated/α-hetero) is 1. The normalized spacial score (nSPS) is 26.5. The summed E-state index contributed by atoms with van der Waals surface area (Å²) in [7, 11) is 0. The molecule has 0 saturated heterocycles. The van der Waals surface area contributed by atoms with E-state index in [0.29, 0.717) is 18.7 Å². The third-order valence-corrected chi connectivity index (χ3v) is 5.07. The minimum absolute atomic E-state index is 0.261. The largest absolute Gasteiger partial charge is 0.329 e. The predicted molar refractivity (Wildman–Crippen MR) is 83.7 cm³/mol. The first kappa shape index (κ1) is 15.2. The van der Waals surface area contributed by atoms with Gasteiger partial charge >= 0.3 is 0 Å². The Morgan fingerprint density at radius 1 is 1.30 bits per heavy atom. The zero-order valence-electron chi connectivity index (χ0n) is 13.0. The highest BCUT2D eigenvalue weighted by atomic mass is 16.1. The number of ketones is 1. The molecule has 110 valence electrons. The van der Waals surface area contributed by atoms with Crippen LogP contribution in [-0.2, 0) is 11.2 Å². The van der Waals surface area contributed by atoms with Crippen molar-refractivity contribution in [3.63, 3.8) is 0 Å². The Hall–Kier alpha value is -1.15. The molecule has 2 heteroatoms. The molecule has 1 aromatic carbocycles. The summed E-state index contributed by atoms with van der Waals surface area (Å²) in [5.74, 6) is 1.09. The van der Waals surface area contributed by atoms with Gasteiger partial charge in [0.25, 0.3) is 0 Å². The summed E-state index contributed by atoms with van der Waals surface area (Å²) >= 11 is 0. The Kier molecular flexibility index (Phi) is 4.64. The lowest BCUT2D eigenvalue weighted by molar-refractivity contribution is -0.129. The molecule has 0 radical (unpaired) electrons. The SMILES string of the molecule is Cc1ccc(C)c(CC(=O)C2(CN)CCC(C)CC2)c1. The second-order valence-electron chi connectivity index (χ2n) is 6.70. The summed E-state index contributed by atoms with van der Waals surface area (Å²) in [6.07, 6.45) is 4.74. The molecule has 0 amide bonds. The van der Waals surface area contributed by atoms with Crippen molar-refractivity contribution in [1.82, 2.24) is 0 Å². The maximum Gasteiger partial charge on any atom is 0.144 e. The lowest BCUT2D eigenvalue weighted by Crippen LogP contribution is -2.42. The molecule has 0 spiro atoms. The number of carbonyl (C=O) groups is 1. The quantitative estimate of drug-likeness (QED) is 0.911. The molecule has 0 unspecified atom stereocenters. The van der Waals surface area contributed by atoms with Crippen LogP contribution in [0.1, 0.15) is 49.3 Å². The Bertz CT molecular complexity index is 484. The number of carbonyl (C=O) groups excluding carboxylic acids is 1. The van der Waals surface area contributed by atoms with Gasteiger partial charge < -0.3 is 5.73 Å². The van der Waals surface area contributed by atoms with E-state index in [-0.39, 0.29) is 5.41 Å². The Morgan fingerprint density at radius 2 is 1.95 bits per heavy atom. The van der Waals surface area contributed by atoms with Gasteiger partial charge in [-0.25, -0.2) is 0 Å². The van der Waals surface area contributed by atoms with Crippen LogP contribution < -0.4 is 5.73 Å². The van der Waals surface area contributed by atoms with Crippen LogP contribution in [-0.4, -0.2) is 12.3 Å². The molecule has 2 N–H and O–H groups in total. The fraction of sp³-hybridized carbons (Fsp3) is 0.611. The standard InChI is InChI=1S/C18H27NO/c1-13-6-8-18(12-19,9-7-13)17(20)11-16-10-14(2)4-5-15(16)3/h4-5,10,13H,6-9,11-12,19H2,1-3H3. The highest BCUT2D eigenvalue weighted by molar-refractivity contribution is 5.87. The summed E-state index contributed by atoms with van der Waals surface area (Å²) in [6.45, 7) is 6.94. The van der Waals surface area contributed by atoms with E-state index in [2.05, 4.69) is 39.0 Å². The van der Waals surface area contributed by atoms with Gasteiger partial charge in [-0.05, 0) is 56.6 Å². The van der Waals surface area contributed by atoms with Gasteiger partial charge in [-0.3, -0.25) is 4.79 Å². The van der Waals surface area contributed by atoms with E-state index >= 15 is 0 Å². The van der Waals surface area contributed by atoms with Crippen molar-refractivity contribution in [3.8, 4) is 0 Å². The lowest BCUT2D eigenvalue weighted by Gasteiger charge is -2.37. The van der Waals surface area contributed by atoms with Crippen LogP contribution in [0.15, 0.2) is 18.2 Å². The van der Waals surface area contributed by atoms with Gasteiger partial charge in [-0.1, -0.05) is 30.7 Å². The van der Waals surface area contributed by atoms with Gasteiger partial charge in [0.05, 0.1) is 0 Å². The van der Waals surface area contributed by atoms with Gasteiger partial charge in [0, 0.05) is 18.4 Å². The van der Waals surface area contributed by atoms with Gasteiger partial charge in [0.2, 0.25) is 0 Å². The molecular formula is C18H27NO. The Balaban J connectivity index is 2.15. The van der Waals surface area contributed by atoms with Crippen LogP contribution >= 0.6 is 0 Å². The van der Waals surface area contributed by atoms with Gasteiger partial charge in [-0.2, -0.15) is 0 Å². The molecule has 2 rings (SSSR count). The predicted octanol–water partition coefficient (Wildman–Crippen LogP) is 3.57. The highest BCUT2D eigenvalue weighted by Crippen LogP contribution is 2.39. The molecule has 0 aliphatic heterocycles. The molecule has 1 fully saturated rings. The topological polar surface area (TPSA) is 43.1 Å². The van der Waals surface area contributed by atoms with E-state index < -0.39 is 0 Å². The average molecular weight is 273 g/mol. The average Bonchev–Trinajstić information content (AvgIpc) is 2.44. The van der Waals surface area contributed by atoms with Gasteiger partial charge in [-0.15, -0.1) is 0 Å². The molecule has 2 nitrogen and oxygen atoms in total. The monoisotopic (exact) mass is 273 g/mol. The smallest absolute Gasteiger partial charge is 0.144 e. The highest BCUT2D eigenvalue weighted by Gasteiger charge is 2.39. The molecule has 1 aliphatic rings. The number of rotatable bonds is 4. The second-order valence-corrected chi connectivity index (χ2v) is 6.70. The summed E-state index contributed by atoms with van der Waals surface area (Å²) in [5, 5.41) is 0. The van der Waals surface area contributed by atoms with Gasteiger partial charge in [0.15, 0.2) is 0 Å². The van der Waals surface area contributed by atoms with E-state index in [0.717, 1.165) is 31.6 Å². The van der Waals surface area contributed by atoms with Crippen LogP contribution in [0.4, 0.5) is 0 Å². The zero-order chi connectivity index (χ0) is 14.8. The Labute approximate surface area is 122 Å². The van der Waals surface area contributed by atoms with E-state index in [1.807, 2.05) is 0 Å². The van der Waals surface area contributed by atoms with Crippen LogP contribution in [0.2, 0.25) is 0 Å². The first-order chi connectivity index (χ1) is 9.47. The van der Waals surface area contributed by atoms with Gasteiger partial charge in [0.1, 0.15) is 5.78 Å². The third kappa shape index (κ3) is 3.12. The third-order valence-electron chi connectivity index (χ3n) is 5.07. The molecule has 0 heterocycles. The van der Waals surface area contributed by atoms with Crippen molar-refractivity contribution in [2.24, 2.45) is 17.1 Å². The number of hydrogen-bond donors (Lipinski definition) is 1. The van der Waals surface area contributed by atoms with Crippen LogP contribution in [0.25, 0.3) is 0 Å². The lowest BCUT2D eigenvalue weighted by atomic mass is 9.67. The summed E-state index contributed by atoms with van der Waals surface area (Å²) in [4.78, 5) is 12.8. The molecule has 0 bridgehead atoms. The second kappa shape index (κ2) is 6.09. The first-order valence-corrected chi connectivity index (χ1v) is 7.76. The Morgan fingerprint density at radius 3 is 2.55 bits per heavy atom. The molecule has 0 atom stereocenters. The summed E-state index contributed by atoms with van der Waals surface area (Å²) in [5.41, 5.74) is 9.32. The number of aryl methyl sites for hydroxylation is 2. The molecule has 1 aliphatic carbocycles. The van der Waals surface area contributed by atoms with Crippen molar-refractivity contribution < 1.29 is 4.79 Å². The van der Waals surface area contributed by atoms with Crippen LogP contribution in [0.3, 0.4) is 0 Å².